The number of benzene rings is 1. The molecule has 0 saturated heterocycles. The lowest BCUT2D eigenvalue weighted by Crippen LogP contribution is -1.96. The van der Waals surface area contributed by atoms with Crippen molar-refractivity contribution in [3.8, 4) is 0 Å². The molecule has 0 aliphatic carbocycles. The minimum atomic E-state index is -0.534. The predicted octanol–water partition coefficient (Wildman–Crippen LogP) is 3.95. The van der Waals surface area contributed by atoms with Crippen LogP contribution in [0, 0.1) is 10.1 Å². The molecule has 2 aromatic heterocycles. The zero-order valence-corrected chi connectivity index (χ0v) is 11.3. The normalized spacial score (nSPS) is 11.0. The van der Waals surface area contributed by atoms with E-state index >= 15 is 0 Å². The molecule has 0 aliphatic heterocycles. The van der Waals surface area contributed by atoms with Crippen molar-refractivity contribution in [2.24, 2.45) is 0 Å². The number of halogens is 1. The summed E-state index contributed by atoms with van der Waals surface area (Å²) in [5.74, 6) is 0.330. The van der Waals surface area contributed by atoms with Crippen molar-refractivity contribution in [1.82, 2.24) is 4.57 Å². The molecule has 5 nitrogen and oxygen atoms in total. The summed E-state index contributed by atoms with van der Waals surface area (Å²) < 4.78 is 8.15. The summed E-state index contributed by atoms with van der Waals surface area (Å²) >= 11 is 3.43. The van der Waals surface area contributed by atoms with Crippen molar-refractivity contribution in [2.45, 2.75) is 6.54 Å². The highest BCUT2D eigenvalue weighted by molar-refractivity contribution is 9.10. The van der Waals surface area contributed by atoms with E-state index in [-0.39, 0.29) is 5.88 Å². The highest BCUT2D eigenvalue weighted by Gasteiger charge is 2.12. The van der Waals surface area contributed by atoms with Crippen molar-refractivity contribution in [1.29, 1.82) is 0 Å². The van der Waals surface area contributed by atoms with Gasteiger partial charge in [0, 0.05) is 16.2 Å². The van der Waals surface area contributed by atoms with E-state index in [2.05, 4.69) is 15.9 Å². The van der Waals surface area contributed by atoms with Gasteiger partial charge >= 0.3 is 5.88 Å². The van der Waals surface area contributed by atoms with Gasteiger partial charge in [0.05, 0.1) is 12.6 Å². The van der Waals surface area contributed by atoms with E-state index in [0.29, 0.717) is 12.3 Å². The maximum atomic E-state index is 10.6. The minimum absolute atomic E-state index is 0.229. The zero-order valence-electron chi connectivity index (χ0n) is 9.75. The smallest absolute Gasteiger partial charge is 0.404 e. The first-order valence-electron chi connectivity index (χ1n) is 5.61. The van der Waals surface area contributed by atoms with E-state index < -0.39 is 4.92 Å². The summed E-state index contributed by atoms with van der Waals surface area (Å²) in [5.41, 5.74) is 1.05. The van der Waals surface area contributed by atoms with E-state index in [0.717, 1.165) is 15.4 Å². The molecule has 0 radical (unpaired) electrons. The third-order valence-corrected chi connectivity index (χ3v) is 3.38. The Bertz CT molecular complexity index is 760. The van der Waals surface area contributed by atoms with E-state index in [4.69, 9.17) is 4.42 Å². The van der Waals surface area contributed by atoms with Crippen molar-refractivity contribution < 1.29 is 9.34 Å². The molecule has 96 valence electrons. The summed E-state index contributed by atoms with van der Waals surface area (Å²) in [6.07, 6.45) is 1.94. The molecule has 0 atom stereocenters. The van der Waals surface area contributed by atoms with Crippen LogP contribution in [0.3, 0.4) is 0 Å². The van der Waals surface area contributed by atoms with Gasteiger partial charge < -0.3 is 8.98 Å². The Morgan fingerprint density at radius 2 is 2.11 bits per heavy atom. The Balaban J connectivity index is 1.96. The monoisotopic (exact) mass is 320 g/mol. The highest BCUT2D eigenvalue weighted by atomic mass is 79.9. The van der Waals surface area contributed by atoms with Gasteiger partial charge in [-0.15, -0.1) is 0 Å². The van der Waals surface area contributed by atoms with Crippen LogP contribution in [0.4, 0.5) is 5.88 Å². The summed E-state index contributed by atoms with van der Waals surface area (Å²) in [6, 6.07) is 11.0. The van der Waals surface area contributed by atoms with Gasteiger partial charge in [-0.2, -0.15) is 0 Å². The number of furan rings is 1. The Morgan fingerprint density at radius 1 is 1.26 bits per heavy atom. The van der Waals surface area contributed by atoms with E-state index in [9.17, 15) is 10.1 Å². The van der Waals surface area contributed by atoms with Crippen LogP contribution in [0.25, 0.3) is 10.9 Å². The lowest BCUT2D eigenvalue weighted by molar-refractivity contribution is -0.402. The number of fused-ring (bicyclic) bond motifs is 1. The van der Waals surface area contributed by atoms with Crippen LogP contribution in [-0.4, -0.2) is 9.49 Å². The van der Waals surface area contributed by atoms with Crippen LogP contribution in [0.1, 0.15) is 5.76 Å². The van der Waals surface area contributed by atoms with Gasteiger partial charge in [0.2, 0.25) is 0 Å². The summed E-state index contributed by atoms with van der Waals surface area (Å²) in [7, 11) is 0. The van der Waals surface area contributed by atoms with E-state index in [1.165, 1.54) is 6.07 Å². The Hall–Kier alpha value is -2.08. The second-order valence-electron chi connectivity index (χ2n) is 4.14. The zero-order chi connectivity index (χ0) is 13.4. The number of rotatable bonds is 3. The van der Waals surface area contributed by atoms with Gasteiger partial charge in [0.15, 0.2) is 0 Å². The van der Waals surface area contributed by atoms with Crippen molar-refractivity contribution in [3.05, 3.63) is 62.9 Å². The average molecular weight is 321 g/mol. The summed E-state index contributed by atoms with van der Waals surface area (Å²) in [6.45, 7) is 0.466. The molecule has 0 unspecified atom stereocenters. The van der Waals surface area contributed by atoms with Crippen molar-refractivity contribution in [3.63, 3.8) is 0 Å². The molecule has 3 aromatic rings. The SMILES string of the molecule is O=[N+]([O-])c1ccc(Cn2ccc3ccc(Br)cc32)o1. The number of nitro groups is 1. The van der Waals surface area contributed by atoms with Gasteiger partial charge in [0.25, 0.3) is 0 Å². The molecule has 0 spiro atoms. The first-order chi connectivity index (χ1) is 9.13. The first-order valence-corrected chi connectivity index (χ1v) is 6.40. The van der Waals surface area contributed by atoms with Crippen LogP contribution in [0.2, 0.25) is 0 Å². The highest BCUT2D eigenvalue weighted by Crippen LogP contribution is 2.23. The predicted molar refractivity (Wildman–Crippen MR) is 74.1 cm³/mol. The standard InChI is InChI=1S/C13H9BrN2O3/c14-10-2-1-9-5-6-15(12(9)7-10)8-11-3-4-13(19-11)16(17)18/h1-7H,8H2. The van der Waals surface area contributed by atoms with Gasteiger partial charge in [-0.1, -0.05) is 22.0 Å². The first kappa shape index (κ1) is 12.0. The maximum absolute atomic E-state index is 10.6. The molecule has 2 heterocycles. The largest absolute Gasteiger partial charge is 0.433 e. The van der Waals surface area contributed by atoms with Crippen molar-refractivity contribution in [2.75, 3.05) is 0 Å². The quantitative estimate of drug-likeness (QED) is 0.542. The molecule has 6 heteroatoms. The second kappa shape index (κ2) is 4.55. The fourth-order valence-electron chi connectivity index (χ4n) is 2.01. The molecule has 0 fully saturated rings. The average Bonchev–Trinajstić information content (AvgIpc) is 2.98. The van der Waals surface area contributed by atoms with Gasteiger partial charge in [-0.05, 0) is 29.7 Å². The third-order valence-electron chi connectivity index (χ3n) is 2.89. The minimum Gasteiger partial charge on any atom is -0.404 e. The topological polar surface area (TPSA) is 61.2 Å². The van der Waals surface area contributed by atoms with Gasteiger partial charge in [-0.3, -0.25) is 10.1 Å². The molecule has 0 bridgehead atoms. The van der Waals surface area contributed by atoms with Crippen LogP contribution >= 0.6 is 15.9 Å². The second-order valence-corrected chi connectivity index (χ2v) is 5.06. The fraction of sp³-hybridized carbons (Fsp3) is 0.0769. The molecule has 0 amide bonds. The lowest BCUT2D eigenvalue weighted by Gasteiger charge is -2.02. The van der Waals surface area contributed by atoms with Crippen LogP contribution < -0.4 is 0 Å². The Morgan fingerprint density at radius 3 is 2.84 bits per heavy atom. The van der Waals surface area contributed by atoms with E-state index in [1.54, 1.807) is 6.07 Å². The Kier molecular flexibility index (Phi) is 2.87. The molecule has 0 aliphatic rings. The number of hydrogen-bond donors (Lipinski definition) is 0. The van der Waals surface area contributed by atoms with Crippen molar-refractivity contribution >= 4 is 32.7 Å². The van der Waals surface area contributed by atoms with Gasteiger partial charge in [-0.25, -0.2) is 0 Å². The molecular weight excluding hydrogens is 312 g/mol. The van der Waals surface area contributed by atoms with E-state index in [1.807, 2.05) is 35.0 Å². The molecule has 0 saturated carbocycles. The molecular formula is C13H9BrN2O3. The Labute approximate surface area is 116 Å². The molecule has 19 heavy (non-hydrogen) atoms. The summed E-state index contributed by atoms with van der Waals surface area (Å²) in [5, 5.41) is 11.7. The van der Waals surface area contributed by atoms with Gasteiger partial charge in [0.1, 0.15) is 10.7 Å². The number of hydrogen-bond acceptors (Lipinski definition) is 3. The lowest BCUT2D eigenvalue weighted by atomic mass is 10.2. The molecule has 3 rings (SSSR count). The van der Waals surface area contributed by atoms with Crippen LogP contribution in [0.5, 0.6) is 0 Å². The molecule has 1 aromatic carbocycles. The third kappa shape index (κ3) is 2.26. The summed E-state index contributed by atoms with van der Waals surface area (Å²) in [4.78, 5) is 10.0. The number of aromatic nitrogens is 1. The maximum Gasteiger partial charge on any atom is 0.433 e. The van der Waals surface area contributed by atoms with Crippen LogP contribution in [-0.2, 0) is 6.54 Å². The molecule has 0 N–H and O–H groups in total. The van der Waals surface area contributed by atoms with Crippen LogP contribution in [0.15, 0.2) is 51.5 Å². The number of nitrogens with zero attached hydrogens (tertiary/aromatic N) is 2. The fourth-order valence-corrected chi connectivity index (χ4v) is 2.36.